The Morgan fingerprint density at radius 1 is 1.44 bits per heavy atom. The van der Waals surface area contributed by atoms with Crippen molar-refractivity contribution in [3.05, 3.63) is 48.1 Å². The number of thioether (sulfide) groups is 1. The lowest BCUT2D eigenvalue weighted by molar-refractivity contribution is 0.405. The maximum absolute atomic E-state index is 4.94. The van der Waals surface area contributed by atoms with E-state index in [2.05, 4.69) is 35.8 Å². The summed E-state index contributed by atoms with van der Waals surface area (Å²) in [6, 6.07) is 8.24. The molecule has 0 unspecified atom stereocenters. The Morgan fingerprint density at radius 3 is 2.94 bits per heavy atom. The van der Waals surface area contributed by atoms with Crippen molar-refractivity contribution in [2.75, 3.05) is 0 Å². The van der Waals surface area contributed by atoms with Crippen molar-refractivity contribution in [2.24, 2.45) is 0 Å². The van der Waals surface area contributed by atoms with Crippen LogP contribution in [-0.4, -0.2) is 10.1 Å². The van der Waals surface area contributed by atoms with Crippen molar-refractivity contribution >= 4 is 17.8 Å². The zero-order valence-corrected chi connectivity index (χ0v) is 9.83. The Bertz CT molecular complexity index is 493. The van der Waals surface area contributed by atoms with Gasteiger partial charge in [0.1, 0.15) is 0 Å². The van der Waals surface area contributed by atoms with Crippen LogP contribution >= 0.6 is 11.8 Å². The molecular weight excluding hydrogens is 220 g/mol. The van der Waals surface area contributed by atoms with Crippen LogP contribution in [0.2, 0.25) is 0 Å². The number of hydrogen-bond donors (Lipinski definition) is 0. The molecule has 0 spiro atoms. The standard InChI is InChI=1S/C12H12N2OS/c1-3-12-13-11(14-15-12)8-16-10-7-5-4-6-9(10)2/h3-7H,1,8H2,2H3. The number of aromatic nitrogens is 2. The maximum atomic E-state index is 4.94. The molecule has 82 valence electrons. The lowest BCUT2D eigenvalue weighted by Gasteiger charge is -2.01. The second kappa shape index (κ2) is 4.99. The maximum Gasteiger partial charge on any atom is 0.250 e. The normalized spacial score (nSPS) is 10.3. The highest BCUT2D eigenvalue weighted by Gasteiger charge is 2.04. The number of rotatable bonds is 4. The third-order valence-electron chi connectivity index (χ3n) is 2.11. The van der Waals surface area contributed by atoms with Gasteiger partial charge in [-0.15, -0.1) is 11.8 Å². The fourth-order valence-corrected chi connectivity index (χ4v) is 2.14. The summed E-state index contributed by atoms with van der Waals surface area (Å²) < 4.78 is 4.94. The number of nitrogens with zero attached hydrogens (tertiary/aromatic N) is 2. The van der Waals surface area contributed by atoms with Gasteiger partial charge in [-0.1, -0.05) is 29.9 Å². The van der Waals surface area contributed by atoms with E-state index in [9.17, 15) is 0 Å². The van der Waals surface area contributed by atoms with Crippen LogP contribution in [0.1, 0.15) is 17.3 Å². The molecule has 0 amide bonds. The molecule has 0 radical (unpaired) electrons. The number of hydrogen-bond acceptors (Lipinski definition) is 4. The van der Waals surface area contributed by atoms with Gasteiger partial charge in [0.2, 0.25) is 5.89 Å². The average molecular weight is 232 g/mol. The van der Waals surface area contributed by atoms with E-state index in [0.29, 0.717) is 17.5 Å². The zero-order valence-electron chi connectivity index (χ0n) is 9.01. The fourth-order valence-electron chi connectivity index (χ4n) is 1.27. The predicted octanol–water partition coefficient (Wildman–Crippen LogP) is 3.31. The van der Waals surface area contributed by atoms with Gasteiger partial charge in [0.05, 0.1) is 5.75 Å². The van der Waals surface area contributed by atoms with Crippen molar-refractivity contribution in [1.82, 2.24) is 10.1 Å². The zero-order chi connectivity index (χ0) is 11.4. The first-order valence-corrected chi connectivity index (χ1v) is 5.91. The third kappa shape index (κ3) is 2.52. The highest BCUT2D eigenvalue weighted by Crippen LogP contribution is 2.24. The van der Waals surface area contributed by atoms with Crippen LogP contribution in [0.25, 0.3) is 6.08 Å². The Balaban J connectivity index is 2.02. The van der Waals surface area contributed by atoms with Gasteiger partial charge in [0.25, 0.3) is 0 Å². The molecule has 3 nitrogen and oxygen atoms in total. The van der Waals surface area contributed by atoms with E-state index in [4.69, 9.17) is 4.52 Å². The average Bonchev–Trinajstić information content (AvgIpc) is 2.76. The summed E-state index contributed by atoms with van der Waals surface area (Å²) in [5.74, 6) is 1.88. The summed E-state index contributed by atoms with van der Waals surface area (Å²) >= 11 is 1.70. The molecule has 2 rings (SSSR count). The summed E-state index contributed by atoms with van der Waals surface area (Å²) in [7, 11) is 0. The molecule has 1 aromatic heterocycles. The molecule has 0 fully saturated rings. The summed E-state index contributed by atoms with van der Waals surface area (Å²) in [6.07, 6.45) is 1.55. The Hall–Kier alpha value is -1.55. The molecule has 0 saturated carbocycles. The molecule has 0 aliphatic heterocycles. The van der Waals surface area contributed by atoms with Crippen LogP contribution in [0.5, 0.6) is 0 Å². The lowest BCUT2D eigenvalue weighted by Crippen LogP contribution is -1.85. The van der Waals surface area contributed by atoms with Crippen molar-refractivity contribution in [3.63, 3.8) is 0 Å². The molecule has 0 saturated heterocycles. The van der Waals surface area contributed by atoms with Gasteiger partial charge in [-0.3, -0.25) is 0 Å². The highest BCUT2D eigenvalue weighted by molar-refractivity contribution is 7.98. The molecule has 0 aliphatic carbocycles. The molecule has 16 heavy (non-hydrogen) atoms. The van der Waals surface area contributed by atoms with Crippen molar-refractivity contribution in [1.29, 1.82) is 0 Å². The largest absolute Gasteiger partial charge is 0.335 e. The molecule has 0 aliphatic rings. The second-order valence-electron chi connectivity index (χ2n) is 3.31. The van der Waals surface area contributed by atoms with Crippen molar-refractivity contribution in [2.45, 2.75) is 17.6 Å². The van der Waals surface area contributed by atoms with E-state index >= 15 is 0 Å². The summed E-state index contributed by atoms with van der Waals surface area (Å²) in [5, 5.41) is 3.85. The molecule has 1 aromatic carbocycles. The first-order chi connectivity index (χ1) is 7.79. The Kier molecular flexibility index (Phi) is 3.41. The van der Waals surface area contributed by atoms with E-state index in [1.165, 1.54) is 10.5 Å². The van der Waals surface area contributed by atoms with Gasteiger partial charge in [-0.25, -0.2) is 0 Å². The summed E-state index contributed by atoms with van der Waals surface area (Å²) in [6.45, 7) is 5.66. The van der Waals surface area contributed by atoms with Crippen molar-refractivity contribution in [3.8, 4) is 0 Å². The SMILES string of the molecule is C=Cc1nc(CSc2ccccc2C)no1. The Morgan fingerprint density at radius 2 is 2.25 bits per heavy atom. The molecule has 1 heterocycles. The number of aryl methyl sites for hydroxylation is 1. The molecule has 4 heteroatoms. The third-order valence-corrected chi connectivity index (χ3v) is 3.28. The van der Waals surface area contributed by atoms with Gasteiger partial charge in [-0.2, -0.15) is 4.98 Å². The van der Waals surface area contributed by atoms with Crippen LogP contribution in [0.15, 0.2) is 40.3 Å². The van der Waals surface area contributed by atoms with Crippen LogP contribution in [0.4, 0.5) is 0 Å². The van der Waals surface area contributed by atoms with Crippen LogP contribution < -0.4 is 0 Å². The van der Waals surface area contributed by atoms with E-state index in [1.54, 1.807) is 17.8 Å². The van der Waals surface area contributed by atoms with E-state index in [1.807, 2.05) is 12.1 Å². The van der Waals surface area contributed by atoms with Gasteiger partial charge in [0.15, 0.2) is 5.82 Å². The first-order valence-electron chi connectivity index (χ1n) is 4.93. The van der Waals surface area contributed by atoms with Crippen LogP contribution in [-0.2, 0) is 5.75 Å². The van der Waals surface area contributed by atoms with E-state index in [-0.39, 0.29) is 0 Å². The second-order valence-corrected chi connectivity index (χ2v) is 4.32. The molecular formula is C12H12N2OS. The quantitative estimate of drug-likeness (QED) is 0.758. The molecule has 0 N–H and O–H groups in total. The minimum atomic E-state index is 0.473. The first kappa shape index (κ1) is 11.0. The lowest BCUT2D eigenvalue weighted by atomic mass is 10.2. The monoisotopic (exact) mass is 232 g/mol. The minimum absolute atomic E-state index is 0.473. The summed E-state index contributed by atoms with van der Waals surface area (Å²) in [5.41, 5.74) is 1.26. The van der Waals surface area contributed by atoms with Crippen LogP contribution in [0.3, 0.4) is 0 Å². The Labute approximate surface area is 98.6 Å². The van der Waals surface area contributed by atoms with Crippen molar-refractivity contribution < 1.29 is 4.52 Å². The van der Waals surface area contributed by atoms with E-state index < -0.39 is 0 Å². The van der Waals surface area contributed by atoms with Gasteiger partial charge in [-0.05, 0) is 24.6 Å². The highest BCUT2D eigenvalue weighted by atomic mass is 32.2. The van der Waals surface area contributed by atoms with E-state index in [0.717, 1.165) is 0 Å². The van der Waals surface area contributed by atoms with Gasteiger partial charge < -0.3 is 4.52 Å². The smallest absolute Gasteiger partial charge is 0.250 e. The summed E-state index contributed by atoms with van der Waals surface area (Å²) in [4.78, 5) is 5.40. The van der Waals surface area contributed by atoms with Crippen LogP contribution in [0, 0.1) is 6.92 Å². The predicted molar refractivity (Wildman–Crippen MR) is 65.1 cm³/mol. The molecule has 0 bridgehead atoms. The minimum Gasteiger partial charge on any atom is -0.335 e. The number of benzene rings is 1. The fraction of sp³-hybridized carbons (Fsp3) is 0.167. The van der Waals surface area contributed by atoms with Gasteiger partial charge >= 0.3 is 0 Å². The molecule has 2 aromatic rings. The molecule has 0 atom stereocenters. The van der Waals surface area contributed by atoms with Gasteiger partial charge in [0, 0.05) is 4.90 Å². The topological polar surface area (TPSA) is 38.9 Å².